The molecule has 0 aliphatic rings. The SMILES string of the molecule is COCc1nc(NCCNC(=O)c2ccc(OC)cc2)c2c(C)nn(-c3ccccc3)c2n1. The van der Waals surface area contributed by atoms with E-state index in [0.29, 0.717) is 41.7 Å². The molecule has 170 valence electrons. The van der Waals surface area contributed by atoms with E-state index in [1.54, 1.807) is 38.5 Å². The van der Waals surface area contributed by atoms with Crippen molar-refractivity contribution in [3.63, 3.8) is 0 Å². The number of para-hydroxylation sites is 1. The number of aromatic nitrogens is 4. The van der Waals surface area contributed by atoms with Gasteiger partial charge in [-0.3, -0.25) is 4.79 Å². The van der Waals surface area contributed by atoms with Crippen molar-refractivity contribution in [1.82, 2.24) is 25.1 Å². The summed E-state index contributed by atoms with van der Waals surface area (Å²) in [6.07, 6.45) is 0. The largest absolute Gasteiger partial charge is 0.497 e. The van der Waals surface area contributed by atoms with Crippen LogP contribution in [0.4, 0.5) is 5.82 Å². The van der Waals surface area contributed by atoms with E-state index in [1.165, 1.54) is 0 Å². The van der Waals surface area contributed by atoms with Gasteiger partial charge in [0, 0.05) is 25.8 Å². The highest BCUT2D eigenvalue weighted by atomic mass is 16.5. The molecule has 2 aromatic carbocycles. The van der Waals surface area contributed by atoms with Crippen LogP contribution < -0.4 is 15.4 Å². The highest BCUT2D eigenvalue weighted by Crippen LogP contribution is 2.26. The molecule has 0 atom stereocenters. The molecule has 0 fully saturated rings. The minimum Gasteiger partial charge on any atom is -0.497 e. The maximum atomic E-state index is 12.4. The summed E-state index contributed by atoms with van der Waals surface area (Å²) in [5.74, 6) is 1.76. The van der Waals surface area contributed by atoms with Gasteiger partial charge >= 0.3 is 0 Å². The first-order valence-electron chi connectivity index (χ1n) is 10.6. The van der Waals surface area contributed by atoms with Crippen molar-refractivity contribution in [2.45, 2.75) is 13.5 Å². The fraction of sp³-hybridized carbons (Fsp3) is 0.250. The lowest BCUT2D eigenvalue weighted by Gasteiger charge is -2.11. The second kappa shape index (κ2) is 10.1. The normalized spacial score (nSPS) is 10.9. The van der Waals surface area contributed by atoms with Crippen LogP contribution in [-0.4, -0.2) is 53.0 Å². The molecular weight excluding hydrogens is 420 g/mol. The summed E-state index contributed by atoms with van der Waals surface area (Å²) < 4.78 is 12.2. The monoisotopic (exact) mass is 446 g/mol. The van der Waals surface area contributed by atoms with Gasteiger partial charge in [-0.05, 0) is 43.3 Å². The first-order chi connectivity index (χ1) is 16.1. The van der Waals surface area contributed by atoms with E-state index < -0.39 is 0 Å². The molecule has 0 unspecified atom stereocenters. The molecule has 0 bridgehead atoms. The Balaban J connectivity index is 1.52. The fourth-order valence-corrected chi connectivity index (χ4v) is 3.50. The Bertz CT molecular complexity index is 1240. The number of benzene rings is 2. The average molecular weight is 447 g/mol. The number of aryl methyl sites for hydroxylation is 1. The zero-order chi connectivity index (χ0) is 23.2. The van der Waals surface area contributed by atoms with Gasteiger partial charge in [0.05, 0.1) is 23.9 Å². The van der Waals surface area contributed by atoms with Crippen LogP contribution in [0, 0.1) is 6.92 Å². The maximum Gasteiger partial charge on any atom is 0.251 e. The van der Waals surface area contributed by atoms with Crippen LogP contribution in [0.25, 0.3) is 16.7 Å². The minimum atomic E-state index is -0.152. The number of nitrogens with zero attached hydrogens (tertiary/aromatic N) is 4. The Morgan fingerprint density at radius 1 is 1.00 bits per heavy atom. The Labute approximate surface area is 191 Å². The van der Waals surface area contributed by atoms with Gasteiger partial charge in [0.15, 0.2) is 11.5 Å². The molecule has 0 aliphatic carbocycles. The number of carbonyl (C=O) groups excluding carboxylic acids is 1. The lowest BCUT2D eigenvalue weighted by atomic mass is 10.2. The smallest absolute Gasteiger partial charge is 0.251 e. The van der Waals surface area contributed by atoms with Crippen molar-refractivity contribution in [2.75, 3.05) is 32.6 Å². The summed E-state index contributed by atoms with van der Waals surface area (Å²) in [4.78, 5) is 21.7. The predicted octanol–water partition coefficient (Wildman–Crippen LogP) is 3.12. The number of anilines is 1. The van der Waals surface area contributed by atoms with Gasteiger partial charge < -0.3 is 20.1 Å². The quantitative estimate of drug-likeness (QED) is 0.381. The highest BCUT2D eigenvalue weighted by molar-refractivity contribution is 5.94. The van der Waals surface area contributed by atoms with E-state index in [-0.39, 0.29) is 12.5 Å². The van der Waals surface area contributed by atoms with E-state index in [0.717, 1.165) is 16.8 Å². The number of fused-ring (bicyclic) bond motifs is 1. The highest BCUT2D eigenvalue weighted by Gasteiger charge is 2.17. The summed E-state index contributed by atoms with van der Waals surface area (Å²) in [5.41, 5.74) is 2.99. The first kappa shape index (κ1) is 22.2. The molecule has 9 nitrogen and oxygen atoms in total. The van der Waals surface area contributed by atoms with E-state index >= 15 is 0 Å². The molecule has 2 N–H and O–H groups in total. The van der Waals surface area contributed by atoms with Crippen LogP contribution in [0.3, 0.4) is 0 Å². The number of hydrogen-bond donors (Lipinski definition) is 2. The number of amides is 1. The molecule has 1 amide bonds. The van der Waals surface area contributed by atoms with Crippen molar-refractivity contribution < 1.29 is 14.3 Å². The zero-order valence-electron chi connectivity index (χ0n) is 18.8. The van der Waals surface area contributed by atoms with Crippen molar-refractivity contribution in [2.24, 2.45) is 0 Å². The van der Waals surface area contributed by atoms with Crippen LogP contribution in [0.2, 0.25) is 0 Å². The number of ether oxygens (including phenoxy) is 2. The van der Waals surface area contributed by atoms with Crippen molar-refractivity contribution >= 4 is 22.8 Å². The molecule has 0 spiro atoms. The molecule has 4 rings (SSSR count). The Hall–Kier alpha value is -3.98. The van der Waals surface area contributed by atoms with E-state index in [4.69, 9.17) is 9.47 Å². The van der Waals surface area contributed by atoms with Gasteiger partial charge in [-0.15, -0.1) is 0 Å². The van der Waals surface area contributed by atoms with Crippen LogP contribution >= 0.6 is 0 Å². The van der Waals surface area contributed by atoms with E-state index in [2.05, 4.69) is 25.7 Å². The van der Waals surface area contributed by atoms with Crippen molar-refractivity contribution in [3.8, 4) is 11.4 Å². The summed E-state index contributed by atoms with van der Waals surface area (Å²) in [5, 5.41) is 11.8. The van der Waals surface area contributed by atoms with Crippen molar-refractivity contribution in [3.05, 3.63) is 71.7 Å². The topological polar surface area (TPSA) is 103 Å². The summed E-state index contributed by atoms with van der Waals surface area (Å²) in [7, 11) is 3.20. The second-order valence-corrected chi connectivity index (χ2v) is 7.36. The average Bonchev–Trinajstić information content (AvgIpc) is 3.19. The molecule has 0 saturated heterocycles. The van der Waals surface area contributed by atoms with Gasteiger partial charge in [0.1, 0.15) is 18.2 Å². The summed E-state index contributed by atoms with van der Waals surface area (Å²) in [6, 6.07) is 16.8. The molecule has 0 saturated carbocycles. The van der Waals surface area contributed by atoms with Crippen molar-refractivity contribution in [1.29, 1.82) is 0 Å². The van der Waals surface area contributed by atoms with E-state index in [9.17, 15) is 4.79 Å². The number of carbonyl (C=O) groups is 1. The minimum absolute atomic E-state index is 0.152. The van der Waals surface area contributed by atoms with Crippen LogP contribution in [0.5, 0.6) is 5.75 Å². The third kappa shape index (κ3) is 4.93. The van der Waals surface area contributed by atoms with Gasteiger partial charge in [-0.25, -0.2) is 14.6 Å². The fourth-order valence-electron chi connectivity index (χ4n) is 3.50. The summed E-state index contributed by atoms with van der Waals surface area (Å²) >= 11 is 0. The zero-order valence-corrected chi connectivity index (χ0v) is 18.8. The molecular formula is C24H26N6O3. The van der Waals surface area contributed by atoms with Crippen LogP contribution in [0.15, 0.2) is 54.6 Å². The third-order valence-corrected chi connectivity index (χ3v) is 5.08. The van der Waals surface area contributed by atoms with Gasteiger partial charge in [-0.1, -0.05) is 18.2 Å². The van der Waals surface area contributed by atoms with Gasteiger partial charge in [-0.2, -0.15) is 5.10 Å². The standard InChI is InChI=1S/C24H26N6O3/c1-16-21-22(25-13-14-26-24(31)17-9-11-19(33-3)12-10-17)27-20(15-32-2)28-23(21)30(29-16)18-7-5-4-6-8-18/h4-12H,13-15H2,1-3H3,(H,26,31)(H,25,27,28). The molecule has 4 aromatic rings. The van der Waals surface area contributed by atoms with Gasteiger partial charge in [0.2, 0.25) is 0 Å². The second-order valence-electron chi connectivity index (χ2n) is 7.36. The predicted molar refractivity (Wildman–Crippen MR) is 126 cm³/mol. The molecule has 0 aliphatic heterocycles. The maximum absolute atomic E-state index is 12.4. The number of hydrogen-bond acceptors (Lipinski definition) is 7. The lowest BCUT2D eigenvalue weighted by molar-refractivity contribution is 0.0955. The van der Waals surface area contributed by atoms with Gasteiger partial charge in [0.25, 0.3) is 5.91 Å². The Morgan fingerprint density at radius 2 is 1.76 bits per heavy atom. The van der Waals surface area contributed by atoms with E-state index in [1.807, 2.05) is 41.9 Å². The molecule has 2 aromatic heterocycles. The molecule has 9 heteroatoms. The number of rotatable bonds is 9. The third-order valence-electron chi connectivity index (χ3n) is 5.08. The Morgan fingerprint density at radius 3 is 2.45 bits per heavy atom. The Kier molecular flexibility index (Phi) is 6.80. The van der Waals surface area contributed by atoms with Crippen LogP contribution in [0.1, 0.15) is 21.9 Å². The number of methoxy groups -OCH3 is 2. The van der Waals surface area contributed by atoms with Crippen LogP contribution in [-0.2, 0) is 11.3 Å². The number of nitrogens with one attached hydrogen (secondary N) is 2. The summed E-state index contributed by atoms with van der Waals surface area (Å²) in [6.45, 7) is 3.10. The lowest BCUT2D eigenvalue weighted by Crippen LogP contribution is -2.29. The molecule has 0 radical (unpaired) electrons. The molecule has 2 heterocycles. The molecule has 33 heavy (non-hydrogen) atoms. The first-order valence-corrected chi connectivity index (χ1v) is 10.6.